The van der Waals surface area contributed by atoms with Crippen molar-refractivity contribution in [3.63, 3.8) is 0 Å². The normalized spacial score (nSPS) is 10.2. The predicted octanol–water partition coefficient (Wildman–Crippen LogP) is 4.32. The number of hydrogen-bond donors (Lipinski definition) is 1. The van der Waals surface area contributed by atoms with Gasteiger partial charge in [0.15, 0.2) is 0 Å². The minimum Gasteiger partial charge on any atom is -0.457 e. The minimum atomic E-state index is 0.783. The van der Waals surface area contributed by atoms with Gasteiger partial charge in [-0.1, -0.05) is 18.2 Å². The summed E-state index contributed by atoms with van der Waals surface area (Å²) >= 11 is 0. The largest absolute Gasteiger partial charge is 0.457 e. The molecule has 1 N–H and O–H groups in total. The van der Waals surface area contributed by atoms with Crippen molar-refractivity contribution >= 4 is 5.69 Å². The lowest BCUT2D eigenvalue weighted by atomic mass is 10.3. The smallest absolute Gasteiger partial charge is 0.127 e. The molecule has 20 heavy (non-hydrogen) atoms. The lowest BCUT2D eigenvalue weighted by Gasteiger charge is -2.08. The molecule has 0 unspecified atom stereocenters. The van der Waals surface area contributed by atoms with Gasteiger partial charge in [0, 0.05) is 25.4 Å². The summed E-state index contributed by atoms with van der Waals surface area (Å²) in [6.07, 6.45) is 1.01. The van der Waals surface area contributed by atoms with Crippen LogP contribution in [0.25, 0.3) is 0 Å². The Hall–Kier alpha value is -2.00. The van der Waals surface area contributed by atoms with Crippen LogP contribution in [0.4, 0.5) is 5.69 Å². The van der Waals surface area contributed by atoms with Crippen molar-refractivity contribution in [2.75, 3.05) is 25.1 Å². The molecule has 0 aliphatic rings. The van der Waals surface area contributed by atoms with Crippen LogP contribution in [0.5, 0.6) is 11.5 Å². The number of hydrogen-bond acceptors (Lipinski definition) is 3. The van der Waals surface area contributed by atoms with Crippen LogP contribution >= 0.6 is 0 Å². The Balaban J connectivity index is 1.78. The van der Waals surface area contributed by atoms with E-state index in [1.807, 2.05) is 61.5 Å². The van der Waals surface area contributed by atoms with E-state index in [2.05, 4.69) is 5.32 Å². The van der Waals surface area contributed by atoms with Gasteiger partial charge in [0.1, 0.15) is 11.5 Å². The molecule has 2 aromatic carbocycles. The van der Waals surface area contributed by atoms with E-state index in [1.54, 1.807) is 0 Å². The Morgan fingerprint density at radius 3 is 2.30 bits per heavy atom. The van der Waals surface area contributed by atoms with Crippen molar-refractivity contribution in [3.8, 4) is 11.5 Å². The molecule has 3 nitrogen and oxygen atoms in total. The molecular formula is C17H21NO2. The van der Waals surface area contributed by atoms with Gasteiger partial charge in [0.25, 0.3) is 0 Å². The zero-order chi connectivity index (χ0) is 14.0. The summed E-state index contributed by atoms with van der Waals surface area (Å²) in [7, 11) is 0. The van der Waals surface area contributed by atoms with E-state index in [0.29, 0.717) is 0 Å². The number of benzene rings is 2. The quantitative estimate of drug-likeness (QED) is 0.725. The highest BCUT2D eigenvalue weighted by Crippen LogP contribution is 2.22. The van der Waals surface area contributed by atoms with E-state index >= 15 is 0 Å². The number of ether oxygens (including phenoxy) is 2. The SMILES string of the molecule is CCOCCCNc1ccc(Oc2ccccc2)cc1. The number of para-hydroxylation sites is 1. The minimum absolute atomic E-state index is 0.783. The van der Waals surface area contributed by atoms with E-state index in [1.165, 1.54) is 0 Å². The molecule has 0 bridgehead atoms. The maximum absolute atomic E-state index is 5.74. The van der Waals surface area contributed by atoms with Gasteiger partial charge >= 0.3 is 0 Å². The third-order valence-corrected chi connectivity index (χ3v) is 2.83. The first kappa shape index (κ1) is 14.4. The third-order valence-electron chi connectivity index (χ3n) is 2.83. The van der Waals surface area contributed by atoms with E-state index in [-0.39, 0.29) is 0 Å². The second-order valence-corrected chi connectivity index (χ2v) is 4.42. The summed E-state index contributed by atoms with van der Waals surface area (Å²) in [6, 6.07) is 17.8. The Morgan fingerprint density at radius 2 is 1.60 bits per heavy atom. The molecule has 0 radical (unpaired) electrons. The second-order valence-electron chi connectivity index (χ2n) is 4.42. The fourth-order valence-electron chi connectivity index (χ4n) is 1.82. The van der Waals surface area contributed by atoms with Crippen LogP contribution in [-0.4, -0.2) is 19.8 Å². The summed E-state index contributed by atoms with van der Waals surface area (Å²) in [5.41, 5.74) is 1.10. The molecule has 2 aromatic rings. The van der Waals surface area contributed by atoms with Crippen molar-refractivity contribution in [2.24, 2.45) is 0 Å². The molecule has 3 heteroatoms. The molecule has 0 atom stereocenters. The van der Waals surface area contributed by atoms with Crippen LogP contribution in [0, 0.1) is 0 Å². The fourth-order valence-corrected chi connectivity index (χ4v) is 1.82. The van der Waals surface area contributed by atoms with E-state index in [4.69, 9.17) is 9.47 Å². The predicted molar refractivity (Wildman–Crippen MR) is 82.6 cm³/mol. The van der Waals surface area contributed by atoms with Crippen LogP contribution in [0.2, 0.25) is 0 Å². The average Bonchev–Trinajstić information content (AvgIpc) is 2.50. The molecule has 0 aliphatic heterocycles. The van der Waals surface area contributed by atoms with E-state index in [0.717, 1.165) is 43.4 Å². The molecule has 0 spiro atoms. The first-order chi connectivity index (χ1) is 9.88. The van der Waals surface area contributed by atoms with Crippen molar-refractivity contribution in [1.29, 1.82) is 0 Å². The van der Waals surface area contributed by atoms with Crippen molar-refractivity contribution < 1.29 is 9.47 Å². The van der Waals surface area contributed by atoms with Gasteiger partial charge in [-0.15, -0.1) is 0 Å². The number of rotatable bonds is 8. The van der Waals surface area contributed by atoms with Gasteiger partial charge < -0.3 is 14.8 Å². The monoisotopic (exact) mass is 271 g/mol. The Morgan fingerprint density at radius 1 is 0.900 bits per heavy atom. The highest BCUT2D eigenvalue weighted by molar-refractivity contribution is 5.47. The molecule has 0 saturated heterocycles. The fraction of sp³-hybridized carbons (Fsp3) is 0.294. The second kappa shape index (κ2) is 8.23. The maximum Gasteiger partial charge on any atom is 0.127 e. The van der Waals surface area contributed by atoms with Gasteiger partial charge in [0.2, 0.25) is 0 Å². The summed E-state index contributed by atoms with van der Waals surface area (Å²) < 4.78 is 11.0. The van der Waals surface area contributed by atoms with Crippen LogP contribution < -0.4 is 10.1 Å². The number of anilines is 1. The highest BCUT2D eigenvalue weighted by atomic mass is 16.5. The Labute approximate surface area is 120 Å². The lowest BCUT2D eigenvalue weighted by molar-refractivity contribution is 0.147. The van der Waals surface area contributed by atoms with Gasteiger partial charge in [-0.2, -0.15) is 0 Å². The van der Waals surface area contributed by atoms with Gasteiger partial charge in [-0.3, -0.25) is 0 Å². The molecule has 0 fully saturated rings. The van der Waals surface area contributed by atoms with E-state index in [9.17, 15) is 0 Å². The van der Waals surface area contributed by atoms with Crippen LogP contribution in [-0.2, 0) is 4.74 Å². The van der Waals surface area contributed by atoms with Crippen molar-refractivity contribution in [2.45, 2.75) is 13.3 Å². The van der Waals surface area contributed by atoms with Crippen LogP contribution in [0.3, 0.4) is 0 Å². The molecule has 0 aromatic heterocycles. The Kier molecular flexibility index (Phi) is 5.93. The third kappa shape index (κ3) is 4.94. The first-order valence-electron chi connectivity index (χ1n) is 7.03. The molecule has 0 saturated carbocycles. The molecule has 2 rings (SSSR count). The number of nitrogens with one attached hydrogen (secondary N) is 1. The average molecular weight is 271 g/mol. The Bertz CT molecular complexity index is 482. The summed E-state index contributed by atoms with van der Waals surface area (Å²) in [6.45, 7) is 4.52. The molecule has 0 amide bonds. The summed E-state index contributed by atoms with van der Waals surface area (Å²) in [5.74, 6) is 1.70. The van der Waals surface area contributed by atoms with E-state index < -0.39 is 0 Å². The van der Waals surface area contributed by atoms with Gasteiger partial charge in [0.05, 0.1) is 0 Å². The van der Waals surface area contributed by atoms with Crippen LogP contribution in [0.1, 0.15) is 13.3 Å². The lowest BCUT2D eigenvalue weighted by Crippen LogP contribution is -2.05. The molecular weight excluding hydrogens is 250 g/mol. The first-order valence-corrected chi connectivity index (χ1v) is 7.03. The van der Waals surface area contributed by atoms with Crippen molar-refractivity contribution in [3.05, 3.63) is 54.6 Å². The van der Waals surface area contributed by atoms with Gasteiger partial charge in [-0.05, 0) is 49.7 Å². The molecule has 106 valence electrons. The molecule has 0 aliphatic carbocycles. The zero-order valence-electron chi connectivity index (χ0n) is 11.8. The highest BCUT2D eigenvalue weighted by Gasteiger charge is 1.97. The summed E-state index contributed by atoms with van der Waals surface area (Å²) in [5, 5.41) is 3.36. The maximum atomic E-state index is 5.74. The standard InChI is InChI=1S/C17H21NO2/c1-2-19-14-6-13-18-15-9-11-17(12-10-15)20-16-7-4-3-5-8-16/h3-5,7-12,18H,2,6,13-14H2,1H3. The zero-order valence-corrected chi connectivity index (χ0v) is 11.8. The topological polar surface area (TPSA) is 30.5 Å². The van der Waals surface area contributed by atoms with Crippen molar-refractivity contribution in [1.82, 2.24) is 0 Å². The van der Waals surface area contributed by atoms with Gasteiger partial charge in [-0.25, -0.2) is 0 Å². The summed E-state index contributed by atoms with van der Waals surface area (Å²) in [4.78, 5) is 0. The van der Waals surface area contributed by atoms with Crippen LogP contribution in [0.15, 0.2) is 54.6 Å². The molecule has 0 heterocycles.